The third kappa shape index (κ3) is 4.73. The molecule has 0 atom stereocenters. The van der Waals surface area contributed by atoms with Crippen molar-refractivity contribution >= 4 is 23.1 Å². The maximum atomic E-state index is 12.5. The summed E-state index contributed by atoms with van der Waals surface area (Å²) in [6.45, 7) is 1.98. The third-order valence-electron chi connectivity index (χ3n) is 4.16. The van der Waals surface area contributed by atoms with Crippen molar-refractivity contribution in [2.75, 3.05) is 32.0 Å². The van der Waals surface area contributed by atoms with E-state index >= 15 is 0 Å². The number of hydrogen-bond acceptors (Lipinski definition) is 7. The minimum absolute atomic E-state index is 0.164. The van der Waals surface area contributed by atoms with Crippen molar-refractivity contribution in [3.8, 4) is 17.2 Å². The molecule has 29 heavy (non-hydrogen) atoms. The second kappa shape index (κ2) is 8.92. The Kier molecular flexibility index (Phi) is 6.13. The van der Waals surface area contributed by atoms with Gasteiger partial charge in [-0.05, 0) is 36.8 Å². The molecule has 8 nitrogen and oxygen atoms in total. The topological polar surface area (TPSA) is 94.6 Å². The lowest BCUT2D eigenvalue weighted by molar-refractivity contribution is 0.102. The number of aromatic nitrogens is 2. The van der Waals surface area contributed by atoms with Crippen LogP contribution in [0.25, 0.3) is 0 Å². The van der Waals surface area contributed by atoms with Gasteiger partial charge in [0.05, 0.1) is 45.1 Å². The Hall–Kier alpha value is -3.81. The van der Waals surface area contributed by atoms with Crippen molar-refractivity contribution < 1.29 is 19.0 Å². The molecule has 1 heterocycles. The van der Waals surface area contributed by atoms with Crippen LogP contribution in [0.1, 0.15) is 16.1 Å². The number of ether oxygens (including phenoxy) is 3. The summed E-state index contributed by atoms with van der Waals surface area (Å²) >= 11 is 0. The summed E-state index contributed by atoms with van der Waals surface area (Å²) in [7, 11) is 4.67. The summed E-state index contributed by atoms with van der Waals surface area (Å²) in [5.41, 5.74) is 2.48. The quantitative estimate of drug-likeness (QED) is 0.629. The molecule has 0 saturated heterocycles. The van der Waals surface area contributed by atoms with Crippen molar-refractivity contribution in [2.24, 2.45) is 0 Å². The highest BCUT2D eigenvalue weighted by Crippen LogP contribution is 2.30. The van der Waals surface area contributed by atoms with Gasteiger partial charge < -0.3 is 24.8 Å². The zero-order chi connectivity index (χ0) is 20.8. The molecular weight excluding hydrogens is 372 g/mol. The predicted molar refractivity (Wildman–Crippen MR) is 111 cm³/mol. The molecule has 3 rings (SSSR count). The molecule has 2 N–H and O–H groups in total. The SMILES string of the molecule is COc1ccc(OC)c(NC(=O)c2cnc(Nc3cc(C)ccc3OC)cn2)c1. The van der Waals surface area contributed by atoms with Gasteiger partial charge in [0.25, 0.3) is 5.91 Å². The van der Waals surface area contributed by atoms with Crippen LogP contribution in [0.5, 0.6) is 17.2 Å². The molecular formula is C21H22N4O4. The zero-order valence-electron chi connectivity index (χ0n) is 16.6. The number of aryl methyl sites for hydroxylation is 1. The molecule has 1 aromatic heterocycles. The van der Waals surface area contributed by atoms with Gasteiger partial charge in [-0.1, -0.05) is 6.07 Å². The average Bonchev–Trinajstić information content (AvgIpc) is 2.74. The fourth-order valence-electron chi connectivity index (χ4n) is 2.67. The summed E-state index contributed by atoms with van der Waals surface area (Å²) in [6, 6.07) is 10.9. The maximum Gasteiger partial charge on any atom is 0.275 e. The number of nitrogens with zero attached hydrogens (tertiary/aromatic N) is 2. The Morgan fingerprint density at radius 2 is 1.59 bits per heavy atom. The van der Waals surface area contributed by atoms with Gasteiger partial charge in [-0.15, -0.1) is 0 Å². The lowest BCUT2D eigenvalue weighted by atomic mass is 10.2. The van der Waals surface area contributed by atoms with Crippen LogP contribution in [-0.4, -0.2) is 37.2 Å². The fraction of sp³-hybridized carbons (Fsp3) is 0.190. The van der Waals surface area contributed by atoms with Gasteiger partial charge >= 0.3 is 0 Å². The lowest BCUT2D eigenvalue weighted by Gasteiger charge is -2.12. The molecule has 0 bridgehead atoms. The summed E-state index contributed by atoms with van der Waals surface area (Å²) in [4.78, 5) is 21.0. The Morgan fingerprint density at radius 3 is 2.24 bits per heavy atom. The van der Waals surface area contributed by atoms with Crippen LogP contribution >= 0.6 is 0 Å². The van der Waals surface area contributed by atoms with E-state index < -0.39 is 5.91 Å². The Labute approximate surface area is 168 Å². The van der Waals surface area contributed by atoms with Crippen molar-refractivity contribution in [3.63, 3.8) is 0 Å². The second-order valence-corrected chi connectivity index (χ2v) is 6.14. The highest BCUT2D eigenvalue weighted by atomic mass is 16.5. The van der Waals surface area contributed by atoms with Gasteiger partial charge in [0.2, 0.25) is 0 Å². The van der Waals surface area contributed by atoms with Crippen LogP contribution in [0, 0.1) is 6.92 Å². The molecule has 0 unspecified atom stereocenters. The van der Waals surface area contributed by atoms with Crippen molar-refractivity contribution in [1.82, 2.24) is 9.97 Å². The van der Waals surface area contributed by atoms with Crippen LogP contribution < -0.4 is 24.8 Å². The second-order valence-electron chi connectivity index (χ2n) is 6.14. The van der Waals surface area contributed by atoms with E-state index in [1.807, 2.05) is 25.1 Å². The predicted octanol–water partition coefficient (Wildman–Crippen LogP) is 3.81. The number of anilines is 3. The molecule has 8 heteroatoms. The van der Waals surface area contributed by atoms with Gasteiger partial charge in [0.15, 0.2) is 0 Å². The largest absolute Gasteiger partial charge is 0.497 e. The van der Waals surface area contributed by atoms with Crippen LogP contribution in [0.3, 0.4) is 0 Å². The molecule has 1 amide bonds. The Morgan fingerprint density at radius 1 is 0.862 bits per heavy atom. The first-order valence-corrected chi connectivity index (χ1v) is 8.81. The van der Waals surface area contributed by atoms with Gasteiger partial charge in [0.1, 0.15) is 28.8 Å². The summed E-state index contributed by atoms with van der Waals surface area (Å²) in [5.74, 6) is 1.87. The van der Waals surface area contributed by atoms with Crippen LogP contribution in [0.15, 0.2) is 48.8 Å². The normalized spacial score (nSPS) is 10.2. The number of amides is 1. The van der Waals surface area contributed by atoms with Gasteiger partial charge in [-0.25, -0.2) is 9.97 Å². The number of hydrogen-bond donors (Lipinski definition) is 2. The van der Waals surface area contributed by atoms with Crippen LogP contribution in [0.4, 0.5) is 17.2 Å². The zero-order valence-corrected chi connectivity index (χ0v) is 16.6. The van der Waals surface area contributed by atoms with Crippen LogP contribution in [0.2, 0.25) is 0 Å². The summed E-state index contributed by atoms with van der Waals surface area (Å²) in [5, 5.41) is 5.91. The summed E-state index contributed by atoms with van der Waals surface area (Å²) < 4.78 is 15.8. The molecule has 2 aromatic carbocycles. The number of benzene rings is 2. The highest BCUT2D eigenvalue weighted by Gasteiger charge is 2.13. The molecule has 0 aliphatic carbocycles. The summed E-state index contributed by atoms with van der Waals surface area (Å²) in [6.07, 6.45) is 2.88. The number of carbonyl (C=O) groups excluding carboxylic acids is 1. The van der Waals surface area contributed by atoms with E-state index in [9.17, 15) is 4.79 Å². The molecule has 0 spiro atoms. The van der Waals surface area contributed by atoms with E-state index in [-0.39, 0.29) is 5.69 Å². The van der Waals surface area contributed by atoms with E-state index in [0.717, 1.165) is 11.3 Å². The average molecular weight is 394 g/mol. The van der Waals surface area contributed by atoms with E-state index in [0.29, 0.717) is 28.8 Å². The molecule has 0 radical (unpaired) electrons. The van der Waals surface area contributed by atoms with E-state index in [2.05, 4.69) is 20.6 Å². The highest BCUT2D eigenvalue weighted by molar-refractivity contribution is 6.03. The van der Waals surface area contributed by atoms with Gasteiger partial charge in [0, 0.05) is 6.07 Å². The smallest absolute Gasteiger partial charge is 0.275 e. The van der Waals surface area contributed by atoms with Crippen molar-refractivity contribution in [2.45, 2.75) is 6.92 Å². The minimum Gasteiger partial charge on any atom is -0.497 e. The standard InChI is InChI=1S/C21H22N4O4/c1-13-5-7-18(28-3)15(9-13)24-20-12-22-17(11-23-20)21(26)25-16-10-14(27-2)6-8-19(16)29-4/h5-12H,1-4H3,(H,23,24)(H,25,26). The lowest BCUT2D eigenvalue weighted by Crippen LogP contribution is -2.15. The Balaban J connectivity index is 1.75. The Bertz CT molecular complexity index is 1010. The third-order valence-corrected chi connectivity index (χ3v) is 4.16. The number of nitrogens with one attached hydrogen (secondary N) is 2. The minimum atomic E-state index is -0.413. The number of carbonyl (C=O) groups is 1. The maximum absolute atomic E-state index is 12.5. The molecule has 0 fully saturated rings. The molecule has 150 valence electrons. The first-order valence-electron chi connectivity index (χ1n) is 8.81. The number of methoxy groups -OCH3 is 3. The van der Waals surface area contributed by atoms with Gasteiger partial charge in [-0.3, -0.25) is 4.79 Å². The van der Waals surface area contributed by atoms with Crippen molar-refractivity contribution in [3.05, 3.63) is 60.0 Å². The monoisotopic (exact) mass is 394 g/mol. The van der Waals surface area contributed by atoms with E-state index in [1.165, 1.54) is 19.5 Å². The molecule has 0 aliphatic heterocycles. The van der Waals surface area contributed by atoms with E-state index in [1.54, 1.807) is 32.4 Å². The fourth-order valence-corrected chi connectivity index (χ4v) is 2.67. The number of rotatable bonds is 7. The van der Waals surface area contributed by atoms with Gasteiger partial charge in [-0.2, -0.15) is 0 Å². The van der Waals surface area contributed by atoms with E-state index in [4.69, 9.17) is 14.2 Å². The van der Waals surface area contributed by atoms with Crippen LogP contribution in [-0.2, 0) is 0 Å². The molecule has 0 saturated carbocycles. The van der Waals surface area contributed by atoms with Crippen molar-refractivity contribution in [1.29, 1.82) is 0 Å². The molecule has 3 aromatic rings. The molecule has 0 aliphatic rings. The first kappa shape index (κ1) is 19.9. The first-order chi connectivity index (χ1) is 14.0.